The quantitative estimate of drug-likeness (QED) is 0.907. The van der Waals surface area contributed by atoms with Crippen molar-refractivity contribution >= 4 is 11.7 Å². The highest BCUT2D eigenvalue weighted by molar-refractivity contribution is 5.64. The van der Waals surface area contributed by atoms with Crippen molar-refractivity contribution < 1.29 is 4.42 Å². The van der Waals surface area contributed by atoms with Gasteiger partial charge in [-0.1, -0.05) is 30.2 Å². The van der Waals surface area contributed by atoms with Crippen LogP contribution in [0.4, 0.5) is 11.7 Å². The number of hydrogen-bond acceptors (Lipinski definition) is 5. The largest absolute Gasteiger partial charge is 0.406 e. The third-order valence-corrected chi connectivity index (χ3v) is 3.62. The van der Waals surface area contributed by atoms with Gasteiger partial charge in [-0.3, -0.25) is 4.90 Å². The molecule has 0 fully saturated rings. The second-order valence-electron chi connectivity index (χ2n) is 5.13. The van der Waals surface area contributed by atoms with Crippen LogP contribution in [0.2, 0.25) is 0 Å². The summed E-state index contributed by atoms with van der Waals surface area (Å²) in [7, 11) is 0. The molecule has 0 bridgehead atoms. The SMILES string of the molecule is CCCNC(C)c1nnc(N2CCc3ccccc32)o1. The summed E-state index contributed by atoms with van der Waals surface area (Å²) in [6.45, 7) is 6.04. The Bertz CT molecular complexity index is 581. The lowest BCUT2D eigenvalue weighted by Crippen LogP contribution is -2.19. The van der Waals surface area contributed by atoms with E-state index in [4.69, 9.17) is 4.42 Å². The van der Waals surface area contributed by atoms with Crippen LogP contribution in [0.15, 0.2) is 28.7 Å². The second kappa shape index (κ2) is 5.63. The lowest BCUT2D eigenvalue weighted by Gasteiger charge is -2.13. The molecule has 1 aromatic carbocycles. The first-order valence-electron chi connectivity index (χ1n) is 7.22. The number of rotatable bonds is 5. The standard InChI is InChI=1S/C15H20N4O/c1-3-9-16-11(2)14-17-18-15(20-14)19-10-8-12-6-4-5-7-13(12)19/h4-7,11,16H,3,8-10H2,1-2H3. The lowest BCUT2D eigenvalue weighted by molar-refractivity contribution is 0.419. The van der Waals surface area contributed by atoms with E-state index >= 15 is 0 Å². The number of nitrogens with one attached hydrogen (secondary N) is 1. The Kier molecular flexibility index (Phi) is 3.69. The van der Waals surface area contributed by atoms with Gasteiger partial charge < -0.3 is 9.73 Å². The van der Waals surface area contributed by atoms with Crippen molar-refractivity contribution in [3.05, 3.63) is 35.7 Å². The van der Waals surface area contributed by atoms with Gasteiger partial charge in [0.25, 0.3) is 0 Å². The summed E-state index contributed by atoms with van der Waals surface area (Å²) in [5, 5.41) is 11.7. The highest BCUT2D eigenvalue weighted by Gasteiger charge is 2.25. The van der Waals surface area contributed by atoms with Crippen molar-refractivity contribution in [2.24, 2.45) is 0 Å². The van der Waals surface area contributed by atoms with E-state index in [-0.39, 0.29) is 6.04 Å². The average molecular weight is 272 g/mol. The van der Waals surface area contributed by atoms with Gasteiger partial charge in [0, 0.05) is 12.2 Å². The number of anilines is 2. The van der Waals surface area contributed by atoms with Crippen LogP contribution in [0.1, 0.15) is 37.8 Å². The summed E-state index contributed by atoms with van der Waals surface area (Å²) in [5.41, 5.74) is 2.52. The first-order valence-corrected chi connectivity index (χ1v) is 7.22. The Morgan fingerprint density at radius 1 is 1.35 bits per heavy atom. The molecule has 106 valence electrons. The number of nitrogens with zero attached hydrogens (tertiary/aromatic N) is 3. The Morgan fingerprint density at radius 3 is 3.05 bits per heavy atom. The molecule has 5 nitrogen and oxygen atoms in total. The zero-order valence-electron chi connectivity index (χ0n) is 12.0. The number of hydrogen-bond donors (Lipinski definition) is 1. The van der Waals surface area contributed by atoms with Crippen molar-refractivity contribution in [1.82, 2.24) is 15.5 Å². The molecule has 0 radical (unpaired) electrons. The monoisotopic (exact) mass is 272 g/mol. The first kappa shape index (κ1) is 13.1. The summed E-state index contributed by atoms with van der Waals surface area (Å²) in [5.74, 6) is 0.651. The van der Waals surface area contributed by atoms with E-state index in [9.17, 15) is 0 Å². The molecule has 1 aliphatic rings. The normalized spacial score (nSPS) is 15.4. The van der Waals surface area contributed by atoms with Crippen LogP contribution in [0.25, 0.3) is 0 Å². The summed E-state index contributed by atoms with van der Waals surface area (Å²) >= 11 is 0. The molecule has 0 amide bonds. The lowest BCUT2D eigenvalue weighted by atomic mass is 10.2. The molecule has 0 aliphatic carbocycles. The Balaban J connectivity index is 1.78. The number of benzene rings is 1. The van der Waals surface area contributed by atoms with Crippen molar-refractivity contribution in [3.63, 3.8) is 0 Å². The Morgan fingerprint density at radius 2 is 2.20 bits per heavy atom. The van der Waals surface area contributed by atoms with Crippen molar-refractivity contribution in [1.29, 1.82) is 0 Å². The van der Waals surface area contributed by atoms with E-state index in [2.05, 4.69) is 45.5 Å². The fourth-order valence-corrected chi connectivity index (χ4v) is 2.50. The highest BCUT2D eigenvalue weighted by Crippen LogP contribution is 2.33. The minimum atomic E-state index is 0.0917. The van der Waals surface area contributed by atoms with Crippen molar-refractivity contribution in [2.75, 3.05) is 18.0 Å². The summed E-state index contributed by atoms with van der Waals surface area (Å²) in [4.78, 5) is 2.10. The third-order valence-electron chi connectivity index (χ3n) is 3.62. The molecular formula is C15H20N4O. The van der Waals surface area contributed by atoms with Gasteiger partial charge >= 0.3 is 6.01 Å². The van der Waals surface area contributed by atoms with Crippen LogP contribution in [0.3, 0.4) is 0 Å². The van der Waals surface area contributed by atoms with Crippen LogP contribution >= 0.6 is 0 Å². The minimum absolute atomic E-state index is 0.0917. The minimum Gasteiger partial charge on any atom is -0.406 e. The number of aromatic nitrogens is 2. The van der Waals surface area contributed by atoms with E-state index < -0.39 is 0 Å². The molecule has 2 aromatic rings. The Hall–Kier alpha value is -1.88. The fourth-order valence-electron chi connectivity index (χ4n) is 2.50. The van der Waals surface area contributed by atoms with Crippen LogP contribution in [-0.4, -0.2) is 23.3 Å². The molecule has 0 saturated carbocycles. The van der Waals surface area contributed by atoms with Gasteiger partial charge in [0.05, 0.1) is 6.04 Å². The van der Waals surface area contributed by atoms with E-state index in [1.54, 1.807) is 0 Å². The Labute approximate surface area is 119 Å². The van der Waals surface area contributed by atoms with Crippen LogP contribution in [0.5, 0.6) is 0 Å². The smallest absolute Gasteiger partial charge is 0.322 e. The number of para-hydroxylation sites is 1. The van der Waals surface area contributed by atoms with Crippen LogP contribution in [0, 0.1) is 0 Å². The topological polar surface area (TPSA) is 54.2 Å². The molecule has 0 saturated heterocycles. The van der Waals surface area contributed by atoms with E-state index in [1.807, 2.05) is 13.0 Å². The van der Waals surface area contributed by atoms with Gasteiger partial charge in [0.15, 0.2) is 0 Å². The van der Waals surface area contributed by atoms with Gasteiger partial charge in [-0.05, 0) is 37.9 Å². The fraction of sp³-hybridized carbons (Fsp3) is 0.467. The molecule has 2 heterocycles. The summed E-state index contributed by atoms with van der Waals surface area (Å²) in [6, 6.07) is 9.05. The highest BCUT2D eigenvalue weighted by atomic mass is 16.4. The summed E-state index contributed by atoms with van der Waals surface area (Å²) < 4.78 is 5.82. The molecule has 1 N–H and O–H groups in total. The molecule has 0 spiro atoms. The van der Waals surface area contributed by atoms with Gasteiger partial charge in [-0.25, -0.2) is 0 Å². The van der Waals surface area contributed by atoms with Gasteiger partial charge in [-0.15, -0.1) is 5.10 Å². The van der Waals surface area contributed by atoms with Crippen LogP contribution < -0.4 is 10.2 Å². The molecule has 5 heteroatoms. The van der Waals surface area contributed by atoms with Gasteiger partial charge in [0.1, 0.15) is 0 Å². The molecule has 1 atom stereocenters. The predicted molar refractivity (Wildman–Crippen MR) is 78.2 cm³/mol. The van der Waals surface area contributed by atoms with Gasteiger partial charge in [0.2, 0.25) is 5.89 Å². The summed E-state index contributed by atoms with van der Waals surface area (Å²) in [6.07, 6.45) is 2.11. The van der Waals surface area contributed by atoms with E-state index in [0.717, 1.165) is 25.9 Å². The zero-order valence-corrected chi connectivity index (χ0v) is 12.0. The maximum absolute atomic E-state index is 5.82. The maximum Gasteiger partial charge on any atom is 0.322 e. The third kappa shape index (κ3) is 2.41. The zero-order chi connectivity index (χ0) is 13.9. The predicted octanol–water partition coefficient (Wildman–Crippen LogP) is 2.82. The second-order valence-corrected chi connectivity index (χ2v) is 5.13. The van der Waals surface area contributed by atoms with Crippen molar-refractivity contribution in [2.45, 2.75) is 32.7 Å². The molecular weight excluding hydrogens is 252 g/mol. The number of fused-ring (bicyclic) bond motifs is 1. The average Bonchev–Trinajstić information content (AvgIpc) is 3.10. The van der Waals surface area contributed by atoms with Crippen LogP contribution in [-0.2, 0) is 6.42 Å². The molecule has 1 unspecified atom stereocenters. The molecule has 20 heavy (non-hydrogen) atoms. The van der Waals surface area contributed by atoms with Crippen molar-refractivity contribution in [3.8, 4) is 0 Å². The van der Waals surface area contributed by atoms with E-state index in [1.165, 1.54) is 11.3 Å². The van der Waals surface area contributed by atoms with E-state index in [0.29, 0.717) is 11.9 Å². The molecule has 1 aliphatic heterocycles. The maximum atomic E-state index is 5.82. The molecule has 3 rings (SSSR count). The molecule has 1 aromatic heterocycles. The van der Waals surface area contributed by atoms with Gasteiger partial charge in [-0.2, -0.15) is 0 Å². The first-order chi connectivity index (χ1) is 9.79.